The fraction of sp³-hybridized carbons (Fsp3) is 0.786. The molecule has 0 aromatic heterocycles. The van der Waals surface area contributed by atoms with Crippen molar-refractivity contribution in [2.45, 2.75) is 39.5 Å². The number of hydrogen-bond acceptors (Lipinski definition) is 3. The fourth-order valence-electron chi connectivity index (χ4n) is 2.51. The summed E-state index contributed by atoms with van der Waals surface area (Å²) in [6, 6.07) is 0. The Morgan fingerprint density at radius 1 is 1.00 bits per heavy atom. The molecule has 0 heterocycles. The summed E-state index contributed by atoms with van der Waals surface area (Å²) >= 11 is 0. The van der Waals surface area contributed by atoms with E-state index in [1.807, 2.05) is 0 Å². The van der Waals surface area contributed by atoms with Crippen molar-refractivity contribution in [3.05, 3.63) is 0 Å². The van der Waals surface area contributed by atoms with E-state index in [-0.39, 0.29) is 30.8 Å². The molecule has 1 aliphatic carbocycles. The molecule has 6 heteroatoms. The van der Waals surface area contributed by atoms with Crippen LogP contribution in [0.25, 0.3) is 0 Å². The molecular formula is C14H25N3O3. The maximum atomic E-state index is 11.6. The van der Waals surface area contributed by atoms with E-state index in [0.717, 1.165) is 12.3 Å². The van der Waals surface area contributed by atoms with Gasteiger partial charge < -0.3 is 16.0 Å². The Morgan fingerprint density at radius 3 is 2.30 bits per heavy atom. The van der Waals surface area contributed by atoms with Gasteiger partial charge in [0, 0.05) is 13.5 Å². The number of carbonyl (C=O) groups excluding carboxylic acids is 3. The highest BCUT2D eigenvalue weighted by atomic mass is 16.2. The van der Waals surface area contributed by atoms with Gasteiger partial charge in [0.1, 0.15) is 0 Å². The van der Waals surface area contributed by atoms with Crippen LogP contribution in [0.4, 0.5) is 0 Å². The number of amides is 3. The van der Waals surface area contributed by atoms with Crippen molar-refractivity contribution in [1.82, 2.24) is 16.0 Å². The van der Waals surface area contributed by atoms with Gasteiger partial charge in [-0.25, -0.2) is 0 Å². The summed E-state index contributed by atoms with van der Waals surface area (Å²) in [7, 11) is 0. The highest BCUT2D eigenvalue weighted by Crippen LogP contribution is 2.27. The van der Waals surface area contributed by atoms with E-state index < -0.39 is 0 Å². The lowest BCUT2D eigenvalue weighted by Crippen LogP contribution is -2.42. The van der Waals surface area contributed by atoms with Gasteiger partial charge in [-0.15, -0.1) is 0 Å². The number of carbonyl (C=O) groups is 3. The quantitative estimate of drug-likeness (QED) is 0.650. The highest BCUT2D eigenvalue weighted by Gasteiger charge is 2.19. The zero-order chi connectivity index (χ0) is 15.0. The van der Waals surface area contributed by atoms with Crippen LogP contribution >= 0.6 is 0 Å². The number of rotatable bonds is 6. The van der Waals surface area contributed by atoms with Crippen LogP contribution in [0.15, 0.2) is 0 Å². The molecule has 1 fully saturated rings. The molecule has 3 N–H and O–H groups in total. The summed E-state index contributed by atoms with van der Waals surface area (Å²) < 4.78 is 0. The zero-order valence-electron chi connectivity index (χ0n) is 12.3. The van der Waals surface area contributed by atoms with Crippen molar-refractivity contribution in [2.75, 3.05) is 19.6 Å². The summed E-state index contributed by atoms with van der Waals surface area (Å²) in [6.45, 7) is 4.13. The summed E-state index contributed by atoms with van der Waals surface area (Å²) in [5.74, 6) is 0.484. The molecule has 1 rings (SSSR count). The van der Waals surface area contributed by atoms with Gasteiger partial charge in [-0.2, -0.15) is 0 Å². The molecule has 3 amide bonds. The predicted molar refractivity (Wildman–Crippen MR) is 75.8 cm³/mol. The summed E-state index contributed by atoms with van der Waals surface area (Å²) in [4.78, 5) is 33.5. The van der Waals surface area contributed by atoms with Crippen LogP contribution in [0.1, 0.15) is 39.5 Å². The second kappa shape index (κ2) is 8.55. The number of hydrogen-bond donors (Lipinski definition) is 3. The monoisotopic (exact) mass is 283 g/mol. The lowest BCUT2D eigenvalue weighted by molar-refractivity contribution is -0.127. The lowest BCUT2D eigenvalue weighted by atomic mass is 9.82. The topological polar surface area (TPSA) is 87.3 Å². The SMILES string of the molecule is CC(=O)NCC(=O)NCC(=O)NC[C@H]1CCC[C@H](C)C1. The summed E-state index contributed by atoms with van der Waals surface area (Å²) in [5, 5.41) is 7.70. The molecular weight excluding hydrogens is 258 g/mol. The van der Waals surface area contributed by atoms with Crippen LogP contribution in [0.2, 0.25) is 0 Å². The molecule has 2 atom stereocenters. The Kier molecular flexibility index (Phi) is 7.04. The van der Waals surface area contributed by atoms with Crippen LogP contribution in [-0.2, 0) is 14.4 Å². The van der Waals surface area contributed by atoms with Gasteiger partial charge in [0.25, 0.3) is 0 Å². The number of nitrogens with one attached hydrogen (secondary N) is 3. The van der Waals surface area contributed by atoms with Crippen molar-refractivity contribution in [3.8, 4) is 0 Å². The molecule has 0 aromatic rings. The predicted octanol–water partition coefficient (Wildman–Crippen LogP) is 0.181. The summed E-state index contributed by atoms with van der Waals surface area (Å²) in [6.07, 6.45) is 4.84. The molecule has 6 nitrogen and oxygen atoms in total. The van der Waals surface area contributed by atoms with Crippen molar-refractivity contribution in [2.24, 2.45) is 11.8 Å². The molecule has 1 aliphatic rings. The third-order valence-electron chi connectivity index (χ3n) is 3.58. The second-order valence-corrected chi connectivity index (χ2v) is 5.63. The average molecular weight is 283 g/mol. The normalized spacial score (nSPS) is 21.9. The minimum Gasteiger partial charge on any atom is -0.354 e. The van der Waals surface area contributed by atoms with Crippen molar-refractivity contribution in [3.63, 3.8) is 0 Å². The van der Waals surface area contributed by atoms with Gasteiger partial charge in [0.15, 0.2) is 0 Å². The lowest BCUT2D eigenvalue weighted by Gasteiger charge is -2.26. The van der Waals surface area contributed by atoms with E-state index in [0.29, 0.717) is 12.5 Å². The van der Waals surface area contributed by atoms with E-state index >= 15 is 0 Å². The largest absolute Gasteiger partial charge is 0.354 e. The molecule has 0 spiro atoms. The average Bonchev–Trinajstić information content (AvgIpc) is 2.40. The van der Waals surface area contributed by atoms with E-state index in [1.165, 1.54) is 26.2 Å². The molecule has 0 radical (unpaired) electrons. The van der Waals surface area contributed by atoms with Crippen molar-refractivity contribution < 1.29 is 14.4 Å². The van der Waals surface area contributed by atoms with Crippen LogP contribution in [0.3, 0.4) is 0 Å². The minimum absolute atomic E-state index is 0.0410. The van der Waals surface area contributed by atoms with Crippen LogP contribution in [-0.4, -0.2) is 37.4 Å². The van der Waals surface area contributed by atoms with Gasteiger partial charge in [0.05, 0.1) is 13.1 Å². The van der Waals surface area contributed by atoms with Crippen LogP contribution in [0, 0.1) is 11.8 Å². The van der Waals surface area contributed by atoms with Crippen LogP contribution < -0.4 is 16.0 Å². The first kappa shape index (κ1) is 16.5. The third-order valence-corrected chi connectivity index (χ3v) is 3.58. The maximum Gasteiger partial charge on any atom is 0.239 e. The fourth-order valence-corrected chi connectivity index (χ4v) is 2.51. The zero-order valence-corrected chi connectivity index (χ0v) is 12.3. The molecule has 20 heavy (non-hydrogen) atoms. The summed E-state index contributed by atoms with van der Waals surface area (Å²) in [5.41, 5.74) is 0. The molecule has 0 aliphatic heterocycles. The third kappa shape index (κ3) is 7.11. The van der Waals surface area contributed by atoms with E-state index in [9.17, 15) is 14.4 Å². The van der Waals surface area contributed by atoms with E-state index in [4.69, 9.17) is 0 Å². The first-order valence-electron chi connectivity index (χ1n) is 7.25. The van der Waals surface area contributed by atoms with Crippen molar-refractivity contribution >= 4 is 17.7 Å². The van der Waals surface area contributed by atoms with E-state index in [2.05, 4.69) is 22.9 Å². The Hall–Kier alpha value is -1.59. The molecule has 1 saturated carbocycles. The van der Waals surface area contributed by atoms with Gasteiger partial charge in [0.2, 0.25) is 17.7 Å². The Balaban J connectivity index is 2.10. The first-order valence-corrected chi connectivity index (χ1v) is 7.25. The van der Waals surface area contributed by atoms with Gasteiger partial charge in [-0.3, -0.25) is 14.4 Å². The smallest absolute Gasteiger partial charge is 0.239 e. The van der Waals surface area contributed by atoms with E-state index in [1.54, 1.807) is 0 Å². The van der Waals surface area contributed by atoms with Gasteiger partial charge in [-0.05, 0) is 24.7 Å². The van der Waals surface area contributed by atoms with Gasteiger partial charge in [-0.1, -0.05) is 19.8 Å². The van der Waals surface area contributed by atoms with Crippen molar-refractivity contribution in [1.29, 1.82) is 0 Å². The Labute approximate surface area is 120 Å². The molecule has 114 valence electrons. The molecule has 0 aromatic carbocycles. The van der Waals surface area contributed by atoms with Gasteiger partial charge >= 0.3 is 0 Å². The maximum absolute atomic E-state index is 11.6. The van der Waals surface area contributed by atoms with Crippen LogP contribution in [0.5, 0.6) is 0 Å². The standard InChI is InChI=1S/C14H25N3O3/c1-10-4-3-5-12(6-10)7-16-14(20)9-17-13(19)8-15-11(2)18/h10,12H,3-9H2,1-2H3,(H,15,18)(H,16,20)(H,17,19)/t10-,12-/m0/s1. The highest BCUT2D eigenvalue weighted by molar-refractivity contribution is 5.87. The first-order chi connectivity index (χ1) is 9.47. The Bertz CT molecular complexity index is 358. The molecule has 0 saturated heterocycles. The molecule has 0 bridgehead atoms. The molecule has 0 unspecified atom stereocenters. The Morgan fingerprint density at radius 2 is 1.65 bits per heavy atom. The minimum atomic E-state index is -0.360. The second-order valence-electron chi connectivity index (χ2n) is 5.63.